The van der Waals surface area contributed by atoms with E-state index in [0.29, 0.717) is 12.3 Å². The molecule has 0 radical (unpaired) electrons. The van der Waals surface area contributed by atoms with E-state index in [4.69, 9.17) is 27.9 Å². The fourth-order valence-corrected chi connectivity index (χ4v) is 2.76. The van der Waals surface area contributed by atoms with Gasteiger partial charge in [0.25, 0.3) is 0 Å². The van der Waals surface area contributed by atoms with E-state index in [1.807, 2.05) is 13.0 Å². The van der Waals surface area contributed by atoms with Crippen molar-refractivity contribution in [2.75, 3.05) is 6.61 Å². The number of hydrogen-bond acceptors (Lipinski definition) is 4. The van der Waals surface area contributed by atoms with E-state index in [0.717, 1.165) is 29.6 Å². The summed E-state index contributed by atoms with van der Waals surface area (Å²) in [5.74, 6) is 0.0599. The number of benzene rings is 1. The molecule has 5 nitrogen and oxygen atoms in total. The molecule has 26 heavy (non-hydrogen) atoms. The predicted molar refractivity (Wildman–Crippen MR) is 92.4 cm³/mol. The summed E-state index contributed by atoms with van der Waals surface area (Å²) in [6.45, 7) is 3.89. The molecule has 0 fully saturated rings. The fraction of sp³-hybridized carbons (Fsp3) is 0.312. The van der Waals surface area contributed by atoms with Gasteiger partial charge in [0.2, 0.25) is 0 Å². The SMILES string of the molecule is CCCO/C=N/c1c(C#N)c(C)nn1-c1c(Cl)cc(C(F)(F)F)cc1Cl. The first-order chi connectivity index (χ1) is 12.2. The van der Waals surface area contributed by atoms with Crippen LogP contribution in [-0.2, 0) is 10.9 Å². The van der Waals surface area contributed by atoms with Gasteiger partial charge in [-0.05, 0) is 25.5 Å². The lowest BCUT2D eigenvalue weighted by Crippen LogP contribution is -2.07. The lowest BCUT2D eigenvalue weighted by Gasteiger charge is -2.13. The maximum atomic E-state index is 12.9. The molecule has 1 aromatic carbocycles. The third-order valence-corrected chi connectivity index (χ3v) is 3.85. The average molecular weight is 405 g/mol. The van der Waals surface area contributed by atoms with Crippen LogP contribution in [0.15, 0.2) is 17.1 Å². The zero-order valence-corrected chi connectivity index (χ0v) is 15.2. The van der Waals surface area contributed by atoms with Crippen molar-refractivity contribution in [2.24, 2.45) is 4.99 Å². The Balaban J connectivity index is 2.62. The van der Waals surface area contributed by atoms with Crippen LogP contribution in [0.1, 0.15) is 30.2 Å². The number of aliphatic imine (C=N–C) groups is 1. The van der Waals surface area contributed by atoms with Crippen molar-refractivity contribution in [3.63, 3.8) is 0 Å². The number of nitriles is 1. The number of aromatic nitrogens is 2. The van der Waals surface area contributed by atoms with Crippen LogP contribution in [0.5, 0.6) is 0 Å². The van der Waals surface area contributed by atoms with Gasteiger partial charge in [-0.3, -0.25) is 0 Å². The minimum absolute atomic E-state index is 0.00595. The minimum atomic E-state index is -4.60. The lowest BCUT2D eigenvalue weighted by atomic mass is 10.2. The van der Waals surface area contributed by atoms with Crippen LogP contribution >= 0.6 is 23.2 Å². The van der Waals surface area contributed by atoms with Crippen molar-refractivity contribution in [2.45, 2.75) is 26.4 Å². The second kappa shape index (κ2) is 7.98. The summed E-state index contributed by atoms with van der Waals surface area (Å²) in [6, 6.07) is 3.44. The Bertz CT molecular complexity index is 862. The molecule has 2 rings (SSSR count). The highest BCUT2D eigenvalue weighted by atomic mass is 35.5. The van der Waals surface area contributed by atoms with E-state index in [1.165, 1.54) is 0 Å². The average Bonchev–Trinajstić information content (AvgIpc) is 2.85. The normalized spacial score (nSPS) is 11.8. The molecule has 0 saturated heterocycles. The van der Waals surface area contributed by atoms with Crippen LogP contribution in [0.25, 0.3) is 5.69 Å². The first-order valence-corrected chi connectivity index (χ1v) is 8.16. The molecule has 0 spiro atoms. The third-order valence-electron chi connectivity index (χ3n) is 3.28. The molecule has 0 amide bonds. The number of aryl methyl sites for hydroxylation is 1. The van der Waals surface area contributed by atoms with Crippen molar-refractivity contribution < 1.29 is 17.9 Å². The lowest BCUT2D eigenvalue weighted by molar-refractivity contribution is -0.137. The summed E-state index contributed by atoms with van der Waals surface area (Å²) in [5.41, 5.74) is -0.541. The summed E-state index contributed by atoms with van der Waals surface area (Å²) in [4.78, 5) is 4.06. The van der Waals surface area contributed by atoms with Gasteiger partial charge < -0.3 is 4.74 Å². The Morgan fingerprint density at radius 2 is 1.96 bits per heavy atom. The second-order valence-electron chi connectivity index (χ2n) is 5.20. The molecule has 1 heterocycles. The van der Waals surface area contributed by atoms with Gasteiger partial charge >= 0.3 is 6.18 Å². The summed E-state index contributed by atoms with van der Waals surface area (Å²) in [6.07, 6.45) is -2.70. The molecular weight excluding hydrogens is 392 g/mol. The van der Waals surface area contributed by atoms with Crippen LogP contribution in [-0.4, -0.2) is 22.8 Å². The Hall–Kier alpha value is -2.24. The first-order valence-electron chi connectivity index (χ1n) is 7.41. The van der Waals surface area contributed by atoms with Gasteiger partial charge in [-0.15, -0.1) is 0 Å². The number of hydrogen-bond donors (Lipinski definition) is 0. The van der Waals surface area contributed by atoms with Gasteiger partial charge in [0.15, 0.2) is 12.2 Å². The van der Waals surface area contributed by atoms with Crippen molar-refractivity contribution in [1.82, 2.24) is 9.78 Å². The zero-order chi connectivity index (χ0) is 19.5. The number of alkyl halides is 3. The van der Waals surface area contributed by atoms with Crippen LogP contribution in [0, 0.1) is 18.3 Å². The summed E-state index contributed by atoms with van der Waals surface area (Å²) in [7, 11) is 0. The monoisotopic (exact) mass is 404 g/mol. The number of halogens is 5. The molecule has 0 aliphatic heterocycles. The molecule has 138 valence electrons. The quantitative estimate of drug-likeness (QED) is 0.377. The summed E-state index contributed by atoms with van der Waals surface area (Å²) < 4.78 is 45.0. The summed E-state index contributed by atoms with van der Waals surface area (Å²) in [5, 5.41) is 12.9. The van der Waals surface area contributed by atoms with Crippen LogP contribution in [0.2, 0.25) is 10.0 Å². The zero-order valence-electron chi connectivity index (χ0n) is 13.7. The Kier molecular flexibility index (Phi) is 6.16. The van der Waals surface area contributed by atoms with Gasteiger partial charge in [-0.1, -0.05) is 30.1 Å². The molecule has 0 unspecified atom stereocenters. The van der Waals surface area contributed by atoms with E-state index in [-0.39, 0.29) is 27.1 Å². The largest absolute Gasteiger partial charge is 0.483 e. The van der Waals surface area contributed by atoms with Gasteiger partial charge in [0.05, 0.1) is 27.9 Å². The van der Waals surface area contributed by atoms with E-state index < -0.39 is 11.7 Å². The Labute approximate surface area is 157 Å². The van der Waals surface area contributed by atoms with Crippen LogP contribution in [0.4, 0.5) is 19.0 Å². The van der Waals surface area contributed by atoms with E-state index in [1.54, 1.807) is 6.92 Å². The maximum absolute atomic E-state index is 12.9. The highest BCUT2D eigenvalue weighted by molar-refractivity contribution is 6.38. The van der Waals surface area contributed by atoms with Crippen molar-refractivity contribution in [3.05, 3.63) is 39.0 Å². The molecule has 0 saturated carbocycles. The number of rotatable bonds is 5. The predicted octanol–water partition coefficient (Wildman–Crippen LogP) is 5.46. The third kappa shape index (κ3) is 4.11. The van der Waals surface area contributed by atoms with Crippen molar-refractivity contribution in [3.8, 4) is 11.8 Å². The molecule has 0 aliphatic rings. The van der Waals surface area contributed by atoms with E-state index in [9.17, 15) is 18.4 Å². The van der Waals surface area contributed by atoms with Gasteiger partial charge in [-0.25, -0.2) is 4.68 Å². The van der Waals surface area contributed by atoms with Crippen molar-refractivity contribution >= 4 is 35.4 Å². The highest BCUT2D eigenvalue weighted by Gasteiger charge is 2.32. The molecule has 10 heteroatoms. The Morgan fingerprint density at radius 3 is 2.46 bits per heavy atom. The molecule has 0 bridgehead atoms. The van der Waals surface area contributed by atoms with Crippen LogP contribution in [0.3, 0.4) is 0 Å². The first kappa shape index (κ1) is 20.1. The fourth-order valence-electron chi connectivity index (χ4n) is 2.11. The number of nitrogens with zero attached hydrogens (tertiary/aromatic N) is 4. The van der Waals surface area contributed by atoms with Gasteiger partial charge in [0, 0.05) is 0 Å². The van der Waals surface area contributed by atoms with Gasteiger partial charge in [0.1, 0.15) is 17.3 Å². The topological polar surface area (TPSA) is 63.2 Å². The summed E-state index contributed by atoms with van der Waals surface area (Å²) >= 11 is 12.0. The molecule has 2 aromatic rings. The van der Waals surface area contributed by atoms with Crippen LogP contribution < -0.4 is 0 Å². The molecule has 0 aliphatic carbocycles. The smallest absolute Gasteiger partial charge is 0.416 e. The molecule has 0 atom stereocenters. The minimum Gasteiger partial charge on any atom is -0.483 e. The van der Waals surface area contributed by atoms with Gasteiger partial charge in [-0.2, -0.15) is 28.5 Å². The number of ether oxygens (including phenoxy) is 1. The standard InChI is InChI=1S/C16H13Cl2F3N4O/c1-3-4-26-8-23-15-11(7-22)9(2)24-25(15)14-12(17)5-10(6-13(14)18)16(19,20)21/h5-6,8H,3-4H2,1-2H3/b23-8+. The Morgan fingerprint density at radius 1 is 1.35 bits per heavy atom. The van der Waals surface area contributed by atoms with E-state index in [2.05, 4.69) is 10.1 Å². The molecule has 0 N–H and O–H groups in total. The molecular formula is C16H13Cl2F3N4O. The van der Waals surface area contributed by atoms with E-state index >= 15 is 0 Å². The highest BCUT2D eigenvalue weighted by Crippen LogP contribution is 2.39. The molecule has 1 aromatic heterocycles. The van der Waals surface area contributed by atoms with Crippen molar-refractivity contribution in [1.29, 1.82) is 5.26 Å². The maximum Gasteiger partial charge on any atom is 0.416 e. The second-order valence-corrected chi connectivity index (χ2v) is 6.01.